The first-order valence-corrected chi connectivity index (χ1v) is 8.18. The lowest BCUT2D eigenvalue weighted by Gasteiger charge is -2.21. The maximum atomic E-state index is 4.85. The molecule has 2 aliphatic rings. The lowest BCUT2D eigenvalue weighted by molar-refractivity contribution is 0.659. The van der Waals surface area contributed by atoms with Crippen molar-refractivity contribution in [3.8, 4) is 0 Å². The third kappa shape index (κ3) is 2.35. The molecule has 1 atom stereocenters. The lowest BCUT2D eigenvalue weighted by atomic mass is 10.1. The number of hydrogen-bond donors (Lipinski definition) is 1. The average molecular weight is 263 g/mol. The van der Waals surface area contributed by atoms with E-state index in [1.54, 1.807) is 0 Å². The van der Waals surface area contributed by atoms with Crippen molar-refractivity contribution in [2.75, 3.05) is 17.6 Å². The Bertz CT molecular complexity index is 427. The summed E-state index contributed by atoms with van der Waals surface area (Å²) in [7, 11) is 0. The molecule has 0 bridgehead atoms. The quantitative estimate of drug-likeness (QED) is 0.907. The second-order valence-corrected chi connectivity index (χ2v) is 6.41. The molecule has 1 unspecified atom stereocenters. The van der Waals surface area contributed by atoms with E-state index in [4.69, 9.17) is 9.97 Å². The summed E-state index contributed by atoms with van der Waals surface area (Å²) in [5, 5.41) is 3.96. The molecule has 1 saturated heterocycles. The summed E-state index contributed by atoms with van der Waals surface area (Å²) in [5.41, 5.74) is 2.68. The molecule has 98 valence electrons. The molecule has 3 rings (SSSR count). The molecule has 2 heterocycles. The van der Waals surface area contributed by atoms with Crippen LogP contribution in [-0.4, -0.2) is 22.3 Å². The summed E-state index contributed by atoms with van der Waals surface area (Å²) in [6, 6.07) is 0. The molecule has 0 aromatic carbocycles. The monoisotopic (exact) mass is 263 g/mol. The summed E-state index contributed by atoms with van der Waals surface area (Å²) in [4.78, 5) is 9.66. The maximum Gasteiger partial charge on any atom is 0.143 e. The van der Waals surface area contributed by atoms with Crippen molar-refractivity contribution in [2.45, 2.75) is 50.7 Å². The van der Waals surface area contributed by atoms with Gasteiger partial charge < -0.3 is 5.32 Å². The molecule has 1 fully saturated rings. The van der Waals surface area contributed by atoms with Crippen molar-refractivity contribution >= 4 is 17.6 Å². The van der Waals surface area contributed by atoms with Crippen LogP contribution >= 0.6 is 11.8 Å². The van der Waals surface area contributed by atoms with E-state index in [1.807, 2.05) is 11.8 Å². The number of aryl methyl sites for hydroxylation is 1. The highest BCUT2D eigenvalue weighted by Gasteiger charge is 2.24. The Kier molecular flexibility index (Phi) is 3.73. The zero-order valence-electron chi connectivity index (χ0n) is 11.0. The van der Waals surface area contributed by atoms with Gasteiger partial charge in [0.15, 0.2) is 0 Å². The van der Waals surface area contributed by atoms with Gasteiger partial charge in [-0.3, -0.25) is 0 Å². The van der Waals surface area contributed by atoms with Crippen LogP contribution in [0.25, 0.3) is 0 Å². The van der Waals surface area contributed by atoms with Crippen LogP contribution in [-0.2, 0) is 12.8 Å². The molecule has 0 saturated carbocycles. The lowest BCUT2D eigenvalue weighted by Crippen LogP contribution is -2.12. The molecule has 1 aromatic heterocycles. The topological polar surface area (TPSA) is 37.8 Å². The van der Waals surface area contributed by atoms with E-state index >= 15 is 0 Å². The van der Waals surface area contributed by atoms with Crippen LogP contribution in [0.15, 0.2) is 0 Å². The highest BCUT2D eigenvalue weighted by molar-refractivity contribution is 7.99. The van der Waals surface area contributed by atoms with Crippen molar-refractivity contribution in [1.29, 1.82) is 0 Å². The molecule has 1 aliphatic heterocycles. The first kappa shape index (κ1) is 12.3. The van der Waals surface area contributed by atoms with E-state index in [0.29, 0.717) is 5.25 Å². The van der Waals surface area contributed by atoms with Gasteiger partial charge in [0.1, 0.15) is 11.6 Å². The summed E-state index contributed by atoms with van der Waals surface area (Å²) in [5.74, 6) is 3.46. The molecule has 18 heavy (non-hydrogen) atoms. The molecule has 0 amide bonds. The first-order valence-electron chi connectivity index (χ1n) is 7.13. The van der Waals surface area contributed by atoms with E-state index in [2.05, 4.69) is 12.2 Å². The van der Waals surface area contributed by atoms with Gasteiger partial charge in [0.25, 0.3) is 0 Å². The first-order chi connectivity index (χ1) is 8.88. The second-order valence-electron chi connectivity index (χ2n) is 5.09. The highest BCUT2D eigenvalue weighted by atomic mass is 32.2. The fourth-order valence-corrected chi connectivity index (χ4v) is 4.10. The van der Waals surface area contributed by atoms with Gasteiger partial charge in [0, 0.05) is 17.8 Å². The number of nitrogens with zero attached hydrogens (tertiary/aromatic N) is 2. The van der Waals surface area contributed by atoms with Gasteiger partial charge in [0.05, 0.1) is 5.25 Å². The van der Waals surface area contributed by atoms with Crippen LogP contribution in [0.5, 0.6) is 0 Å². The number of nitrogens with one attached hydrogen (secondary N) is 1. The molecule has 0 radical (unpaired) electrons. The van der Waals surface area contributed by atoms with E-state index in [9.17, 15) is 0 Å². The Morgan fingerprint density at radius 3 is 2.94 bits per heavy atom. The third-order valence-corrected chi connectivity index (χ3v) is 5.14. The van der Waals surface area contributed by atoms with Crippen LogP contribution in [0.1, 0.15) is 54.9 Å². The number of hydrogen-bond acceptors (Lipinski definition) is 4. The molecule has 3 nitrogen and oxygen atoms in total. The minimum atomic E-state index is 0.530. The number of rotatable bonds is 3. The van der Waals surface area contributed by atoms with Crippen molar-refractivity contribution in [2.24, 2.45) is 0 Å². The van der Waals surface area contributed by atoms with Gasteiger partial charge in [-0.2, -0.15) is 11.8 Å². The fourth-order valence-electron chi connectivity index (χ4n) is 2.85. The van der Waals surface area contributed by atoms with Gasteiger partial charge in [-0.25, -0.2) is 9.97 Å². The van der Waals surface area contributed by atoms with Crippen molar-refractivity contribution in [3.05, 3.63) is 17.1 Å². The van der Waals surface area contributed by atoms with Crippen molar-refractivity contribution < 1.29 is 0 Å². The Balaban J connectivity index is 1.92. The van der Waals surface area contributed by atoms with Gasteiger partial charge >= 0.3 is 0 Å². The molecular weight excluding hydrogens is 242 g/mol. The van der Waals surface area contributed by atoms with Crippen LogP contribution in [0.2, 0.25) is 0 Å². The standard InChI is InChI=1S/C14H21N3S/c1-2-15-13-10-6-5-7-11(10)16-14(17-13)12-8-3-4-9-18-12/h12H,2-9H2,1H3,(H,15,16,17). The largest absolute Gasteiger partial charge is 0.370 e. The zero-order valence-corrected chi connectivity index (χ0v) is 11.9. The molecule has 0 spiro atoms. The number of aromatic nitrogens is 2. The summed E-state index contributed by atoms with van der Waals surface area (Å²) >= 11 is 2.04. The average Bonchev–Trinajstić information content (AvgIpc) is 2.88. The summed E-state index contributed by atoms with van der Waals surface area (Å²) < 4.78 is 0. The second kappa shape index (κ2) is 5.47. The van der Waals surface area contributed by atoms with Gasteiger partial charge in [0.2, 0.25) is 0 Å². The molecule has 1 aromatic rings. The highest BCUT2D eigenvalue weighted by Crippen LogP contribution is 2.38. The molecule has 1 N–H and O–H groups in total. The van der Waals surface area contributed by atoms with Crippen molar-refractivity contribution in [1.82, 2.24) is 9.97 Å². The van der Waals surface area contributed by atoms with Gasteiger partial charge in [-0.05, 0) is 44.8 Å². The number of thioether (sulfide) groups is 1. The summed E-state index contributed by atoms with van der Waals surface area (Å²) in [6.45, 7) is 3.08. The predicted octanol–water partition coefficient (Wildman–Crippen LogP) is 3.36. The fraction of sp³-hybridized carbons (Fsp3) is 0.714. The molecule has 4 heteroatoms. The maximum absolute atomic E-state index is 4.85. The van der Waals surface area contributed by atoms with E-state index in [-0.39, 0.29) is 0 Å². The Morgan fingerprint density at radius 2 is 2.17 bits per heavy atom. The van der Waals surface area contributed by atoms with Crippen LogP contribution in [0.4, 0.5) is 5.82 Å². The minimum Gasteiger partial charge on any atom is -0.370 e. The van der Waals surface area contributed by atoms with Crippen LogP contribution in [0, 0.1) is 0 Å². The molecular formula is C14H21N3S. The van der Waals surface area contributed by atoms with E-state index < -0.39 is 0 Å². The normalized spacial score (nSPS) is 22.8. The third-order valence-electron chi connectivity index (χ3n) is 3.76. The van der Waals surface area contributed by atoms with Gasteiger partial charge in [-0.15, -0.1) is 0 Å². The van der Waals surface area contributed by atoms with E-state index in [1.165, 1.54) is 42.7 Å². The predicted molar refractivity (Wildman–Crippen MR) is 77.3 cm³/mol. The van der Waals surface area contributed by atoms with Crippen LogP contribution < -0.4 is 5.32 Å². The number of fused-ring (bicyclic) bond motifs is 1. The van der Waals surface area contributed by atoms with Crippen LogP contribution in [0.3, 0.4) is 0 Å². The molecule has 1 aliphatic carbocycles. The Hall–Kier alpha value is -0.770. The van der Waals surface area contributed by atoms with Gasteiger partial charge in [-0.1, -0.05) is 6.42 Å². The summed E-state index contributed by atoms with van der Waals surface area (Å²) in [6.07, 6.45) is 7.45. The van der Waals surface area contributed by atoms with E-state index in [0.717, 1.165) is 31.0 Å². The Labute approximate surface area is 113 Å². The number of anilines is 1. The SMILES string of the molecule is CCNc1nc(C2CCCCS2)nc2c1CCC2. The zero-order chi connectivity index (χ0) is 12.4. The Morgan fingerprint density at radius 1 is 1.22 bits per heavy atom. The smallest absolute Gasteiger partial charge is 0.143 e. The van der Waals surface area contributed by atoms with Crippen molar-refractivity contribution in [3.63, 3.8) is 0 Å². The minimum absolute atomic E-state index is 0.530.